The number of nitro benzene ring substituents is 1. The van der Waals surface area contributed by atoms with E-state index in [4.69, 9.17) is 9.47 Å². The second kappa shape index (κ2) is 7.43. The average Bonchev–Trinajstić information content (AvgIpc) is 3.20. The zero-order chi connectivity index (χ0) is 23.5. The number of ketones is 1. The first-order chi connectivity index (χ1) is 15.6. The molecule has 0 fully saturated rings. The smallest absolute Gasteiger partial charge is 0.293 e. The fourth-order valence-corrected chi connectivity index (χ4v) is 5.08. The Hall–Kier alpha value is -3.68. The monoisotopic (exact) mass is 448 g/mol. The molecule has 1 amide bonds. The molecular weight excluding hydrogens is 424 g/mol. The van der Waals surface area contributed by atoms with Gasteiger partial charge < -0.3 is 9.47 Å². The first kappa shape index (κ1) is 21.2. The normalized spacial score (nSPS) is 21.3. The minimum absolute atomic E-state index is 0.0313. The van der Waals surface area contributed by atoms with Crippen molar-refractivity contribution in [2.45, 2.75) is 46.0 Å². The lowest BCUT2D eigenvalue weighted by atomic mass is 9.69. The molecule has 0 N–H and O–H groups in total. The number of allylic oxidation sites excluding steroid dienone is 2. The molecule has 0 aromatic heterocycles. The molecule has 170 valence electrons. The van der Waals surface area contributed by atoms with Crippen molar-refractivity contribution >= 4 is 23.1 Å². The molecule has 0 saturated heterocycles. The van der Waals surface area contributed by atoms with E-state index in [1.807, 2.05) is 26.0 Å². The fraction of sp³-hybridized carbons (Fsp3) is 0.360. The molecule has 8 heteroatoms. The van der Waals surface area contributed by atoms with Gasteiger partial charge in [0.05, 0.1) is 4.92 Å². The summed E-state index contributed by atoms with van der Waals surface area (Å²) >= 11 is 0. The van der Waals surface area contributed by atoms with Gasteiger partial charge in [0.25, 0.3) is 5.69 Å². The predicted octanol–water partition coefficient (Wildman–Crippen LogP) is 4.80. The Balaban J connectivity index is 1.70. The van der Waals surface area contributed by atoms with E-state index in [2.05, 4.69) is 0 Å². The minimum Gasteiger partial charge on any atom is -0.454 e. The number of hydrogen-bond donors (Lipinski definition) is 0. The second-order valence-corrected chi connectivity index (χ2v) is 9.65. The van der Waals surface area contributed by atoms with Gasteiger partial charge in [-0.1, -0.05) is 26.0 Å². The molecule has 0 bridgehead atoms. The van der Waals surface area contributed by atoms with Crippen LogP contribution in [0.2, 0.25) is 0 Å². The van der Waals surface area contributed by atoms with E-state index >= 15 is 0 Å². The molecule has 2 aliphatic heterocycles. The summed E-state index contributed by atoms with van der Waals surface area (Å²) < 4.78 is 10.9. The Kier molecular flexibility index (Phi) is 4.77. The Morgan fingerprint density at radius 2 is 1.82 bits per heavy atom. The van der Waals surface area contributed by atoms with Gasteiger partial charge in [-0.05, 0) is 48.1 Å². The van der Waals surface area contributed by atoms with Gasteiger partial charge >= 0.3 is 0 Å². The van der Waals surface area contributed by atoms with Crippen LogP contribution < -0.4 is 14.4 Å². The summed E-state index contributed by atoms with van der Waals surface area (Å²) in [5, 5.41) is 11.8. The highest BCUT2D eigenvalue weighted by Gasteiger charge is 2.45. The van der Waals surface area contributed by atoms with Crippen LogP contribution in [0.5, 0.6) is 11.5 Å². The number of amides is 1. The highest BCUT2D eigenvalue weighted by molar-refractivity contribution is 6.08. The van der Waals surface area contributed by atoms with Crippen molar-refractivity contribution in [2.24, 2.45) is 5.41 Å². The molecule has 5 rings (SSSR count). The van der Waals surface area contributed by atoms with E-state index in [0.29, 0.717) is 35.6 Å². The van der Waals surface area contributed by atoms with Crippen LogP contribution in [0.4, 0.5) is 11.4 Å². The van der Waals surface area contributed by atoms with Gasteiger partial charge in [-0.3, -0.25) is 24.6 Å². The Morgan fingerprint density at radius 3 is 2.58 bits per heavy atom. The van der Waals surface area contributed by atoms with Crippen LogP contribution in [0.15, 0.2) is 47.7 Å². The van der Waals surface area contributed by atoms with Crippen molar-refractivity contribution in [3.8, 4) is 11.5 Å². The number of benzene rings is 2. The summed E-state index contributed by atoms with van der Waals surface area (Å²) in [7, 11) is 0. The van der Waals surface area contributed by atoms with Gasteiger partial charge in [0.1, 0.15) is 5.69 Å². The van der Waals surface area contributed by atoms with Gasteiger partial charge in [0, 0.05) is 36.1 Å². The van der Waals surface area contributed by atoms with Gasteiger partial charge in [-0.25, -0.2) is 0 Å². The number of nitro groups is 1. The molecule has 1 aliphatic carbocycles. The molecule has 0 spiro atoms. The summed E-state index contributed by atoms with van der Waals surface area (Å²) in [6, 6.07) is 10.3. The number of aryl methyl sites for hydroxylation is 1. The van der Waals surface area contributed by atoms with Crippen molar-refractivity contribution in [1.82, 2.24) is 0 Å². The number of carbonyl (C=O) groups excluding carboxylic acids is 2. The summed E-state index contributed by atoms with van der Waals surface area (Å²) in [4.78, 5) is 39.7. The number of nitrogens with zero attached hydrogens (tertiary/aromatic N) is 2. The lowest BCUT2D eigenvalue weighted by molar-refractivity contribution is -0.384. The van der Waals surface area contributed by atoms with Crippen LogP contribution in [0.3, 0.4) is 0 Å². The number of ether oxygens (including phenoxy) is 2. The van der Waals surface area contributed by atoms with Crippen LogP contribution in [0, 0.1) is 22.5 Å². The molecular formula is C25H24N2O6. The number of fused-ring (bicyclic) bond motifs is 1. The number of anilines is 1. The lowest BCUT2D eigenvalue weighted by Crippen LogP contribution is -2.44. The van der Waals surface area contributed by atoms with Crippen LogP contribution in [-0.4, -0.2) is 23.4 Å². The molecule has 0 saturated carbocycles. The predicted molar refractivity (Wildman–Crippen MR) is 120 cm³/mol. The third-order valence-electron chi connectivity index (χ3n) is 6.51. The standard InChI is InChI=1S/C25H24N2O6/c1-14-4-6-17(18(8-14)27(30)31)26-19-11-25(2,3)12-20(28)24(19)16(10-23(26)29)15-5-7-21-22(9-15)33-13-32-21/h4-9,16H,10-13H2,1-3H3. The maximum absolute atomic E-state index is 13.5. The zero-order valence-corrected chi connectivity index (χ0v) is 18.7. The highest BCUT2D eigenvalue weighted by atomic mass is 16.7. The van der Waals surface area contributed by atoms with Crippen molar-refractivity contribution in [1.29, 1.82) is 0 Å². The Labute approximate surface area is 190 Å². The zero-order valence-electron chi connectivity index (χ0n) is 18.7. The van der Waals surface area contributed by atoms with Crippen LogP contribution in [-0.2, 0) is 9.59 Å². The first-order valence-corrected chi connectivity index (χ1v) is 10.9. The van der Waals surface area contributed by atoms with Crippen molar-refractivity contribution in [3.05, 3.63) is 68.9 Å². The fourth-order valence-electron chi connectivity index (χ4n) is 5.08. The lowest BCUT2D eigenvalue weighted by Gasteiger charge is -2.42. The van der Waals surface area contributed by atoms with Crippen LogP contribution in [0.1, 0.15) is 50.2 Å². The van der Waals surface area contributed by atoms with E-state index < -0.39 is 10.8 Å². The number of rotatable bonds is 3. The second-order valence-electron chi connectivity index (χ2n) is 9.65. The van der Waals surface area contributed by atoms with Crippen LogP contribution >= 0.6 is 0 Å². The molecule has 8 nitrogen and oxygen atoms in total. The van der Waals surface area contributed by atoms with Gasteiger partial charge in [-0.2, -0.15) is 0 Å². The molecule has 1 atom stereocenters. The molecule has 2 aromatic carbocycles. The van der Waals surface area contributed by atoms with E-state index in [1.54, 1.807) is 25.1 Å². The summed E-state index contributed by atoms with van der Waals surface area (Å²) in [6.45, 7) is 5.85. The number of Topliss-reactive ketones (excluding diaryl/α,β-unsaturated/α-hetero) is 1. The Morgan fingerprint density at radius 1 is 1.06 bits per heavy atom. The van der Waals surface area contributed by atoms with Crippen molar-refractivity contribution < 1.29 is 24.0 Å². The van der Waals surface area contributed by atoms with Gasteiger partial charge in [0.2, 0.25) is 12.7 Å². The van der Waals surface area contributed by atoms with Gasteiger partial charge in [-0.15, -0.1) is 0 Å². The molecule has 2 aromatic rings. The largest absolute Gasteiger partial charge is 0.454 e. The van der Waals surface area contributed by atoms with E-state index in [1.165, 1.54) is 11.0 Å². The maximum Gasteiger partial charge on any atom is 0.293 e. The quantitative estimate of drug-likeness (QED) is 0.494. The summed E-state index contributed by atoms with van der Waals surface area (Å²) in [5.74, 6) is 0.474. The summed E-state index contributed by atoms with van der Waals surface area (Å²) in [6.07, 6.45) is 0.854. The molecule has 0 radical (unpaired) electrons. The summed E-state index contributed by atoms with van der Waals surface area (Å²) in [5.41, 5.74) is 2.33. The third-order valence-corrected chi connectivity index (χ3v) is 6.51. The topological polar surface area (TPSA) is 99.0 Å². The van der Waals surface area contributed by atoms with E-state index in [0.717, 1.165) is 11.1 Å². The molecule has 1 unspecified atom stereocenters. The molecule has 3 aliphatic rings. The molecule has 33 heavy (non-hydrogen) atoms. The SMILES string of the molecule is Cc1ccc(N2C(=O)CC(c3ccc4c(c3)OCO4)C3=C2CC(C)(C)CC3=O)c([N+](=O)[O-])c1. The molecule has 2 heterocycles. The van der Waals surface area contributed by atoms with Crippen molar-refractivity contribution in [2.75, 3.05) is 11.7 Å². The Bertz CT molecular complexity index is 1250. The van der Waals surface area contributed by atoms with Crippen LogP contribution in [0.25, 0.3) is 0 Å². The van der Waals surface area contributed by atoms with E-state index in [-0.39, 0.29) is 41.7 Å². The average molecular weight is 448 g/mol. The number of carbonyl (C=O) groups is 2. The maximum atomic E-state index is 13.5. The first-order valence-electron chi connectivity index (χ1n) is 10.9. The minimum atomic E-state index is -0.477. The highest BCUT2D eigenvalue weighted by Crippen LogP contribution is 2.50. The van der Waals surface area contributed by atoms with E-state index in [9.17, 15) is 19.7 Å². The number of hydrogen-bond acceptors (Lipinski definition) is 6. The third kappa shape index (κ3) is 3.55. The van der Waals surface area contributed by atoms with Crippen molar-refractivity contribution in [3.63, 3.8) is 0 Å². The van der Waals surface area contributed by atoms with Gasteiger partial charge in [0.15, 0.2) is 17.3 Å².